The molecule has 3 rings (SSSR count). The van der Waals surface area contributed by atoms with Gasteiger partial charge in [0.15, 0.2) is 0 Å². The van der Waals surface area contributed by atoms with E-state index in [1.165, 1.54) is 0 Å². The molecule has 1 unspecified atom stereocenters. The molecule has 0 saturated carbocycles. The van der Waals surface area contributed by atoms with Gasteiger partial charge in [0.2, 0.25) is 0 Å². The van der Waals surface area contributed by atoms with Gasteiger partial charge in [-0.15, -0.1) is 0 Å². The number of nitrogens with two attached hydrogens (primary N) is 1. The lowest BCUT2D eigenvalue weighted by Crippen LogP contribution is -2.20. The van der Waals surface area contributed by atoms with Crippen molar-refractivity contribution in [2.24, 2.45) is 5.73 Å². The van der Waals surface area contributed by atoms with Crippen molar-refractivity contribution < 1.29 is 0 Å². The smallest absolute Gasteiger partial charge is 0.0702 e. The zero-order chi connectivity index (χ0) is 14.7. The summed E-state index contributed by atoms with van der Waals surface area (Å²) in [5.41, 5.74) is 9.16. The maximum Gasteiger partial charge on any atom is 0.0702 e. The van der Waals surface area contributed by atoms with Crippen LogP contribution in [0, 0.1) is 0 Å². The first-order chi connectivity index (χ1) is 10.3. The number of benzene rings is 2. The lowest BCUT2D eigenvalue weighted by Gasteiger charge is -2.19. The molecule has 0 radical (unpaired) electrons. The van der Waals surface area contributed by atoms with E-state index in [-0.39, 0.29) is 6.04 Å². The van der Waals surface area contributed by atoms with Crippen LogP contribution in [0.2, 0.25) is 0 Å². The lowest BCUT2D eigenvalue weighted by molar-refractivity contribution is 0.791. The van der Waals surface area contributed by atoms with Gasteiger partial charge >= 0.3 is 0 Å². The number of hydrogen-bond donors (Lipinski definition) is 2. The van der Waals surface area contributed by atoms with Crippen molar-refractivity contribution in [1.82, 2.24) is 4.98 Å². The molecular formula is C17H16BrN3. The van der Waals surface area contributed by atoms with Crippen LogP contribution in [0.15, 0.2) is 65.3 Å². The fourth-order valence-electron chi connectivity index (χ4n) is 2.37. The van der Waals surface area contributed by atoms with Crippen LogP contribution in [0.4, 0.5) is 5.69 Å². The summed E-state index contributed by atoms with van der Waals surface area (Å²) in [6.45, 7) is 0.526. The Kier molecular flexibility index (Phi) is 4.18. The molecule has 21 heavy (non-hydrogen) atoms. The molecule has 106 valence electrons. The van der Waals surface area contributed by atoms with Crippen LogP contribution < -0.4 is 11.1 Å². The summed E-state index contributed by atoms with van der Waals surface area (Å²) >= 11 is 3.48. The van der Waals surface area contributed by atoms with Gasteiger partial charge in [-0.25, -0.2) is 0 Å². The van der Waals surface area contributed by atoms with Gasteiger partial charge in [-0.2, -0.15) is 0 Å². The minimum atomic E-state index is 0.0731. The zero-order valence-electron chi connectivity index (χ0n) is 11.5. The van der Waals surface area contributed by atoms with Gasteiger partial charge in [0, 0.05) is 28.3 Å². The summed E-state index contributed by atoms with van der Waals surface area (Å²) in [6.07, 6.45) is 1.81. The van der Waals surface area contributed by atoms with Crippen LogP contribution in [0.3, 0.4) is 0 Å². The summed E-state index contributed by atoms with van der Waals surface area (Å²) in [4.78, 5) is 4.35. The molecule has 4 heteroatoms. The Labute approximate surface area is 132 Å². The summed E-state index contributed by atoms with van der Waals surface area (Å²) in [7, 11) is 0. The highest BCUT2D eigenvalue weighted by Crippen LogP contribution is 2.24. The van der Waals surface area contributed by atoms with E-state index in [4.69, 9.17) is 5.73 Å². The van der Waals surface area contributed by atoms with E-state index in [1.807, 2.05) is 42.6 Å². The fourth-order valence-corrected chi connectivity index (χ4v) is 2.77. The van der Waals surface area contributed by atoms with Crippen LogP contribution in [0.5, 0.6) is 0 Å². The van der Waals surface area contributed by atoms with Crippen molar-refractivity contribution in [2.45, 2.75) is 6.04 Å². The fraction of sp³-hybridized carbons (Fsp3) is 0.118. The third-order valence-electron chi connectivity index (χ3n) is 3.43. The Balaban J connectivity index is 1.90. The van der Waals surface area contributed by atoms with Crippen LogP contribution in [-0.4, -0.2) is 11.5 Å². The van der Waals surface area contributed by atoms with Gasteiger partial charge in [0.05, 0.1) is 11.6 Å². The van der Waals surface area contributed by atoms with E-state index in [2.05, 4.69) is 44.4 Å². The summed E-state index contributed by atoms with van der Waals surface area (Å²) in [5.74, 6) is 0. The van der Waals surface area contributed by atoms with Crippen molar-refractivity contribution in [3.63, 3.8) is 0 Å². The number of pyridine rings is 1. The topological polar surface area (TPSA) is 50.9 Å². The summed E-state index contributed by atoms with van der Waals surface area (Å²) in [5, 5.41) is 4.60. The van der Waals surface area contributed by atoms with E-state index in [1.54, 1.807) is 0 Å². The van der Waals surface area contributed by atoms with Crippen molar-refractivity contribution in [3.05, 3.63) is 70.8 Å². The highest BCUT2D eigenvalue weighted by Gasteiger charge is 2.10. The molecule has 3 N–H and O–H groups in total. The molecule has 0 saturated heterocycles. The molecule has 0 fully saturated rings. The number of nitrogens with one attached hydrogen (secondary N) is 1. The third-order valence-corrected chi connectivity index (χ3v) is 3.92. The predicted octanol–water partition coefficient (Wildman–Crippen LogP) is 4.11. The van der Waals surface area contributed by atoms with Gasteiger partial charge < -0.3 is 11.1 Å². The lowest BCUT2D eigenvalue weighted by atomic mass is 10.0. The molecular weight excluding hydrogens is 326 g/mol. The minimum absolute atomic E-state index is 0.0731. The summed E-state index contributed by atoms with van der Waals surface area (Å²) < 4.78 is 1.05. The van der Waals surface area contributed by atoms with Gasteiger partial charge in [-0.05, 0) is 42.0 Å². The highest BCUT2D eigenvalue weighted by molar-refractivity contribution is 9.10. The first kappa shape index (κ1) is 14.0. The second kappa shape index (κ2) is 6.24. The van der Waals surface area contributed by atoms with E-state index < -0.39 is 0 Å². The van der Waals surface area contributed by atoms with E-state index in [0.29, 0.717) is 6.54 Å². The Hall–Kier alpha value is -1.91. The van der Waals surface area contributed by atoms with Gasteiger partial charge in [0.25, 0.3) is 0 Å². The second-order valence-electron chi connectivity index (χ2n) is 4.90. The Morgan fingerprint density at radius 2 is 2.00 bits per heavy atom. The van der Waals surface area contributed by atoms with Crippen LogP contribution in [-0.2, 0) is 0 Å². The number of aromatic nitrogens is 1. The molecule has 1 atom stereocenters. The highest BCUT2D eigenvalue weighted by atomic mass is 79.9. The Morgan fingerprint density at radius 1 is 1.10 bits per heavy atom. The SMILES string of the molecule is NCC(Nc1cccc(Br)c1)c1ccc2ncccc2c1. The van der Waals surface area contributed by atoms with Crippen molar-refractivity contribution in [3.8, 4) is 0 Å². The molecule has 1 heterocycles. The first-order valence-corrected chi connectivity index (χ1v) is 7.62. The van der Waals surface area contributed by atoms with Crippen LogP contribution >= 0.6 is 15.9 Å². The normalized spacial score (nSPS) is 12.3. The molecule has 0 aliphatic heterocycles. The maximum absolute atomic E-state index is 5.94. The zero-order valence-corrected chi connectivity index (χ0v) is 13.0. The number of fused-ring (bicyclic) bond motifs is 1. The molecule has 0 aliphatic rings. The number of nitrogens with zero attached hydrogens (tertiary/aromatic N) is 1. The molecule has 0 amide bonds. The largest absolute Gasteiger partial charge is 0.377 e. The number of hydrogen-bond acceptors (Lipinski definition) is 3. The molecule has 3 aromatic rings. The Morgan fingerprint density at radius 3 is 2.81 bits per heavy atom. The van der Waals surface area contributed by atoms with Crippen molar-refractivity contribution in [2.75, 3.05) is 11.9 Å². The molecule has 0 aliphatic carbocycles. The summed E-state index contributed by atoms with van der Waals surface area (Å²) in [6, 6.07) is 18.4. The van der Waals surface area contributed by atoms with E-state index in [0.717, 1.165) is 26.6 Å². The van der Waals surface area contributed by atoms with Gasteiger partial charge in [-0.3, -0.25) is 4.98 Å². The molecule has 0 bridgehead atoms. The van der Waals surface area contributed by atoms with Crippen molar-refractivity contribution >= 4 is 32.5 Å². The third kappa shape index (κ3) is 3.23. The molecule has 2 aromatic carbocycles. The maximum atomic E-state index is 5.94. The van der Waals surface area contributed by atoms with Gasteiger partial charge in [-0.1, -0.05) is 34.1 Å². The average Bonchev–Trinajstić information content (AvgIpc) is 2.52. The van der Waals surface area contributed by atoms with Crippen LogP contribution in [0.1, 0.15) is 11.6 Å². The average molecular weight is 342 g/mol. The monoisotopic (exact) mass is 341 g/mol. The standard InChI is InChI=1S/C17H16BrN3/c18-14-4-1-5-15(10-14)21-17(11-19)13-6-7-16-12(9-13)3-2-8-20-16/h1-10,17,21H,11,19H2. The Bertz CT molecular complexity index is 758. The number of rotatable bonds is 4. The first-order valence-electron chi connectivity index (χ1n) is 6.83. The number of halogens is 1. The molecule has 1 aromatic heterocycles. The quantitative estimate of drug-likeness (QED) is 0.750. The minimum Gasteiger partial charge on any atom is -0.377 e. The van der Waals surface area contributed by atoms with E-state index >= 15 is 0 Å². The van der Waals surface area contributed by atoms with Crippen LogP contribution in [0.25, 0.3) is 10.9 Å². The number of anilines is 1. The molecule has 3 nitrogen and oxygen atoms in total. The predicted molar refractivity (Wildman–Crippen MR) is 91.3 cm³/mol. The molecule has 0 spiro atoms. The second-order valence-corrected chi connectivity index (χ2v) is 5.81. The van der Waals surface area contributed by atoms with Gasteiger partial charge in [0.1, 0.15) is 0 Å². The van der Waals surface area contributed by atoms with Crippen molar-refractivity contribution in [1.29, 1.82) is 0 Å². The van der Waals surface area contributed by atoms with E-state index in [9.17, 15) is 0 Å².